The standard InChI is InChI=1S/C42H29NOS/c1-2-10-26(11-3-1)27-20-22-28(23-21-27)29-14-8-15-31-32-16-9-18-37(41(32)44-40(29)31)43-35-17-6-4-13-34(35)39-36(43)25-24-33-30-12-5-7-19-38(30)45-42(33)39/h1-25,34-35,37,41H. The molecule has 4 aliphatic rings. The number of benzene rings is 5. The molecule has 10 rings (SSSR count). The Morgan fingerprint density at radius 3 is 2.24 bits per heavy atom. The number of fused-ring (bicyclic) bond motifs is 10. The summed E-state index contributed by atoms with van der Waals surface area (Å²) in [5.41, 5.74) is 10.0. The van der Waals surface area contributed by atoms with E-state index in [0.29, 0.717) is 5.92 Å². The average molecular weight is 596 g/mol. The molecule has 3 heterocycles. The molecule has 2 aliphatic carbocycles. The van der Waals surface area contributed by atoms with Gasteiger partial charge in [0.1, 0.15) is 11.9 Å². The van der Waals surface area contributed by atoms with E-state index in [0.717, 1.165) is 11.3 Å². The van der Waals surface area contributed by atoms with Gasteiger partial charge in [-0.2, -0.15) is 0 Å². The summed E-state index contributed by atoms with van der Waals surface area (Å²) in [7, 11) is 0. The number of ether oxygens (including phenoxy) is 1. The Balaban J connectivity index is 1.05. The number of rotatable bonds is 3. The Hall–Kier alpha value is -5.12. The van der Waals surface area contributed by atoms with Crippen molar-refractivity contribution in [1.82, 2.24) is 0 Å². The van der Waals surface area contributed by atoms with Crippen molar-refractivity contribution in [1.29, 1.82) is 0 Å². The molecule has 0 spiro atoms. The molecule has 0 saturated carbocycles. The second kappa shape index (κ2) is 9.69. The molecule has 6 aromatic rings. The largest absolute Gasteiger partial charge is 0.482 e. The number of thiophene rings is 1. The first-order chi connectivity index (χ1) is 22.3. The van der Waals surface area contributed by atoms with E-state index in [1.807, 2.05) is 11.3 Å². The molecule has 4 atom stereocenters. The Morgan fingerprint density at radius 1 is 0.578 bits per heavy atom. The molecule has 0 fully saturated rings. The first-order valence-corrected chi connectivity index (χ1v) is 16.6. The lowest BCUT2D eigenvalue weighted by Gasteiger charge is -2.38. The highest BCUT2D eigenvalue weighted by molar-refractivity contribution is 7.26. The minimum Gasteiger partial charge on any atom is -0.482 e. The van der Waals surface area contributed by atoms with Crippen LogP contribution in [0.5, 0.6) is 5.75 Å². The van der Waals surface area contributed by atoms with E-state index in [2.05, 4.69) is 157 Å². The summed E-state index contributed by atoms with van der Waals surface area (Å²) >= 11 is 1.93. The lowest BCUT2D eigenvalue weighted by atomic mass is 9.88. The molecule has 0 bridgehead atoms. The summed E-state index contributed by atoms with van der Waals surface area (Å²) in [6, 6.07) is 39.9. The lowest BCUT2D eigenvalue weighted by Crippen LogP contribution is -2.48. The van der Waals surface area contributed by atoms with Gasteiger partial charge >= 0.3 is 0 Å². The van der Waals surface area contributed by atoms with Crippen LogP contribution in [-0.2, 0) is 0 Å². The predicted molar refractivity (Wildman–Crippen MR) is 189 cm³/mol. The van der Waals surface area contributed by atoms with Gasteiger partial charge in [0.25, 0.3) is 0 Å². The van der Waals surface area contributed by atoms with Gasteiger partial charge in [0, 0.05) is 54.0 Å². The predicted octanol–water partition coefficient (Wildman–Crippen LogP) is 10.6. The molecule has 214 valence electrons. The molecule has 0 amide bonds. The normalized spacial score (nSPS) is 22.2. The van der Waals surface area contributed by atoms with Crippen LogP contribution in [0.1, 0.15) is 17.0 Å². The summed E-state index contributed by atoms with van der Waals surface area (Å²) < 4.78 is 9.84. The van der Waals surface area contributed by atoms with E-state index < -0.39 is 0 Å². The highest BCUT2D eigenvalue weighted by atomic mass is 32.1. The number of para-hydroxylation sites is 1. The maximum absolute atomic E-state index is 7.07. The smallest absolute Gasteiger partial charge is 0.148 e. The Bertz CT molecular complexity index is 2270. The summed E-state index contributed by atoms with van der Waals surface area (Å²) in [6.45, 7) is 0. The van der Waals surface area contributed by atoms with Gasteiger partial charge in [0.15, 0.2) is 0 Å². The molecule has 2 aliphatic heterocycles. The van der Waals surface area contributed by atoms with Crippen molar-refractivity contribution in [3.63, 3.8) is 0 Å². The van der Waals surface area contributed by atoms with Crippen molar-refractivity contribution in [3.05, 3.63) is 163 Å². The van der Waals surface area contributed by atoms with Crippen molar-refractivity contribution < 1.29 is 4.74 Å². The monoisotopic (exact) mass is 595 g/mol. The molecular formula is C42H29NOS. The number of allylic oxidation sites excluding steroid dienone is 4. The van der Waals surface area contributed by atoms with E-state index >= 15 is 0 Å². The van der Waals surface area contributed by atoms with Crippen LogP contribution < -0.4 is 9.64 Å². The van der Waals surface area contributed by atoms with Crippen molar-refractivity contribution >= 4 is 42.8 Å². The zero-order chi connectivity index (χ0) is 29.5. The van der Waals surface area contributed by atoms with Gasteiger partial charge in [0.05, 0.1) is 12.1 Å². The highest BCUT2D eigenvalue weighted by Gasteiger charge is 2.47. The molecule has 0 N–H and O–H groups in total. The number of anilines is 1. The Kier molecular flexibility index (Phi) is 5.43. The molecule has 0 radical (unpaired) electrons. The summed E-state index contributed by atoms with van der Waals surface area (Å²) in [6.07, 6.45) is 16.0. The fourth-order valence-electron chi connectivity index (χ4n) is 7.98. The van der Waals surface area contributed by atoms with Crippen molar-refractivity contribution in [2.24, 2.45) is 0 Å². The zero-order valence-electron chi connectivity index (χ0n) is 24.5. The van der Waals surface area contributed by atoms with Gasteiger partial charge in [-0.15, -0.1) is 11.3 Å². The van der Waals surface area contributed by atoms with Crippen LogP contribution in [-0.4, -0.2) is 18.2 Å². The van der Waals surface area contributed by atoms with E-state index in [9.17, 15) is 0 Å². The quantitative estimate of drug-likeness (QED) is 0.202. The van der Waals surface area contributed by atoms with Crippen molar-refractivity contribution in [2.75, 3.05) is 4.90 Å². The fraction of sp³-hybridized carbons (Fsp3) is 0.0952. The van der Waals surface area contributed by atoms with Crippen molar-refractivity contribution in [3.8, 4) is 28.0 Å². The lowest BCUT2D eigenvalue weighted by molar-refractivity contribution is 0.251. The maximum Gasteiger partial charge on any atom is 0.148 e. The zero-order valence-corrected chi connectivity index (χ0v) is 25.3. The van der Waals surface area contributed by atoms with Crippen LogP contribution in [0.4, 0.5) is 5.69 Å². The van der Waals surface area contributed by atoms with Crippen LogP contribution >= 0.6 is 11.3 Å². The van der Waals surface area contributed by atoms with Gasteiger partial charge in [-0.25, -0.2) is 0 Å². The van der Waals surface area contributed by atoms with Gasteiger partial charge in [0.2, 0.25) is 0 Å². The van der Waals surface area contributed by atoms with Crippen LogP contribution in [0.3, 0.4) is 0 Å². The third-order valence-electron chi connectivity index (χ3n) is 10.00. The highest BCUT2D eigenvalue weighted by Crippen LogP contribution is 2.54. The number of nitrogens with zero attached hydrogens (tertiary/aromatic N) is 1. The maximum atomic E-state index is 7.07. The molecule has 0 saturated heterocycles. The van der Waals surface area contributed by atoms with Crippen LogP contribution in [0, 0.1) is 0 Å². The molecule has 4 unspecified atom stereocenters. The van der Waals surface area contributed by atoms with Crippen molar-refractivity contribution in [2.45, 2.75) is 24.1 Å². The van der Waals surface area contributed by atoms with Gasteiger partial charge in [-0.05, 0) is 28.8 Å². The minimum absolute atomic E-state index is 0.0717. The SMILES string of the molecule is C1=CC2c3c(ccc4c3sc3ccccc34)N(C3C=CC=C4c5cccc(-c6ccc(-c7ccccc7)cc6)c5OC43)C2C=C1. The van der Waals surface area contributed by atoms with E-state index in [4.69, 9.17) is 4.74 Å². The molecule has 2 nitrogen and oxygen atoms in total. The fourth-order valence-corrected chi connectivity index (χ4v) is 9.27. The van der Waals surface area contributed by atoms with Crippen LogP contribution in [0.15, 0.2) is 152 Å². The van der Waals surface area contributed by atoms with E-state index in [1.165, 1.54) is 59.3 Å². The van der Waals surface area contributed by atoms with E-state index in [-0.39, 0.29) is 18.2 Å². The van der Waals surface area contributed by atoms with Crippen LogP contribution in [0.2, 0.25) is 0 Å². The Morgan fingerprint density at radius 2 is 1.33 bits per heavy atom. The summed E-state index contributed by atoms with van der Waals surface area (Å²) in [5, 5.41) is 2.72. The second-order valence-corrected chi connectivity index (χ2v) is 13.4. The molecule has 3 heteroatoms. The first-order valence-electron chi connectivity index (χ1n) is 15.8. The van der Waals surface area contributed by atoms with Gasteiger partial charge < -0.3 is 9.64 Å². The topological polar surface area (TPSA) is 12.5 Å². The second-order valence-electron chi connectivity index (χ2n) is 12.3. The average Bonchev–Trinajstić information content (AvgIpc) is 3.78. The summed E-state index contributed by atoms with van der Waals surface area (Å²) in [4.78, 5) is 2.64. The van der Waals surface area contributed by atoms with Gasteiger partial charge in [-0.1, -0.05) is 140 Å². The molecule has 5 aromatic carbocycles. The van der Waals surface area contributed by atoms with Gasteiger partial charge in [-0.3, -0.25) is 0 Å². The van der Waals surface area contributed by atoms with Crippen LogP contribution in [0.25, 0.3) is 48.0 Å². The summed E-state index contributed by atoms with van der Waals surface area (Å²) in [5.74, 6) is 1.30. The molecule has 1 aromatic heterocycles. The first kappa shape index (κ1) is 25.2. The molecule has 45 heavy (non-hydrogen) atoms. The number of hydrogen-bond donors (Lipinski definition) is 0. The molecular weight excluding hydrogens is 567 g/mol. The number of hydrogen-bond acceptors (Lipinski definition) is 3. The van der Waals surface area contributed by atoms with E-state index in [1.54, 1.807) is 0 Å². The third kappa shape index (κ3) is 3.68. The minimum atomic E-state index is -0.0845. The third-order valence-corrected chi connectivity index (χ3v) is 11.2. The Labute approximate surface area is 266 Å².